The number of benzene rings is 1. The predicted molar refractivity (Wildman–Crippen MR) is 105 cm³/mol. The van der Waals surface area contributed by atoms with Crippen molar-refractivity contribution in [3.63, 3.8) is 0 Å². The molecule has 0 aliphatic rings. The molecule has 0 unspecified atom stereocenters. The summed E-state index contributed by atoms with van der Waals surface area (Å²) in [5.41, 5.74) is 6.69. The van der Waals surface area contributed by atoms with Crippen LogP contribution in [0.15, 0.2) is 58.7 Å². The minimum Gasteiger partial charge on any atom is -0.366 e. The molecule has 2 heterocycles. The Bertz CT molecular complexity index is 995. The van der Waals surface area contributed by atoms with Crippen molar-refractivity contribution in [3.8, 4) is 10.6 Å². The van der Waals surface area contributed by atoms with Crippen molar-refractivity contribution in [1.82, 2.24) is 9.78 Å². The van der Waals surface area contributed by atoms with Crippen molar-refractivity contribution < 1.29 is 9.59 Å². The number of thiophene rings is 1. The number of aryl methyl sites for hydroxylation is 1. The lowest BCUT2D eigenvalue weighted by molar-refractivity contribution is -0.116. The minimum absolute atomic E-state index is 0.177. The van der Waals surface area contributed by atoms with Crippen molar-refractivity contribution in [2.75, 3.05) is 5.32 Å². The average molecular weight is 382 g/mol. The maximum atomic E-state index is 12.1. The third kappa shape index (κ3) is 4.89. The van der Waals surface area contributed by atoms with Gasteiger partial charge in [0.1, 0.15) is 5.69 Å². The van der Waals surface area contributed by atoms with Crippen molar-refractivity contribution >= 4 is 28.8 Å². The molecule has 0 atom stereocenters. The lowest BCUT2D eigenvalue weighted by atomic mass is 10.2. The van der Waals surface area contributed by atoms with Crippen LogP contribution >= 0.6 is 11.3 Å². The monoisotopic (exact) mass is 382 g/mol. The molecule has 7 nitrogen and oxygen atoms in total. The molecule has 1 aromatic carbocycles. The van der Waals surface area contributed by atoms with Gasteiger partial charge in [-0.05, 0) is 48.2 Å². The van der Waals surface area contributed by atoms with E-state index in [4.69, 9.17) is 5.73 Å². The van der Waals surface area contributed by atoms with Gasteiger partial charge < -0.3 is 11.1 Å². The van der Waals surface area contributed by atoms with Gasteiger partial charge in [-0.25, -0.2) is 4.68 Å². The standard InChI is InChI=1S/C19H18N4O3S/c20-19(26)13-5-7-14(8-6-13)21-17(24)4-1-11-23-18(25)10-9-15(22-23)16-3-2-12-27-16/h2-3,5-10,12H,1,4,11H2,(H2,20,26)(H,21,24). The third-order valence-corrected chi connectivity index (χ3v) is 4.76. The summed E-state index contributed by atoms with van der Waals surface area (Å²) in [6, 6.07) is 13.4. The number of nitrogens with one attached hydrogen (secondary N) is 1. The molecule has 0 saturated carbocycles. The predicted octanol–water partition coefficient (Wildman–Crippen LogP) is 2.49. The molecule has 2 aromatic heterocycles. The molecule has 0 saturated heterocycles. The molecule has 3 N–H and O–H groups in total. The highest BCUT2D eigenvalue weighted by molar-refractivity contribution is 7.13. The largest absolute Gasteiger partial charge is 0.366 e. The summed E-state index contributed by atoms with van der Waals surface area (Å²) in [7, 11) is 0. The summed E-state index contributed by atoms with van der Waals surface area (Å²) in [4.78, 5) is 36.0. The van der Waals surface area contributed by atoms with E-state index in [1.165, 1.54) is 10.7 Å². The number of nitrogens with two attached hydrogens (primary N) is 1. The summed E-state index contributed by atoms with van der Waals surface area (Å²) in [6.07, 6.45) is 0.723. The molecule has 0 aliphatic heterocycles. The number of primary amides is 1. The van der Waals surface area contributed by atoms with E-state index in [2.05, 4.69) is 10.4 Å². The SMILES string of the molecule is NC(=O)c1ccc(NC(=O)CCCn2nc(-c3cccs3)ccc2=O)cc1. The first-order valence-electron chi connectivity index (χ1n) is 8.35. The van der Waals surface area contributed by atoms with E-state index >= 15 is 0 Å². The Morgan fingerprint density at radius 2 is 1.89 bits per heavy atom. The van der Waals surface area contributed by atoms with E-state index in [-0.39, 0.29) is 17.9 Å². The van der Waals surface area contributed by atoms with E-state index in [0.717, 1.165) is 10.6 Å². The fourth-order valence-corrected chi connectivity index (χ4v) is 3.19. The molecule has 3 rings (SSSR count). The Morgan fingerprint density at radius 3 is 2.56 bits per heavy atom. The number of carbonyl (C=O) groups excluding carboxylic acids is 2. The second-order valence-corrected chi connectivity index (χ2v) is 6.80. The van der Waals surface area contributed by atoms with Crippen LogP contribution < -0.4 is 16.6 Å². The molecule has 0 spiro atoms. The van der Waals surface area contributed by atoms with Crippen LogP contribution in [-0.4, -0.2) is 21.6 Å². The van der Waals surface area contributed by atoms with Crippen LogP contribution in [-0.2, 0) is 11.3 Å². The lowest BCUT2D eigenvalue weighted by Gasteiger charge is -2.07. The van der Waals surface area contributed by atoms with Gasteiger partial charge in [-0.3, -0.25) is 14.4 Å². The topological polar surface area (TPSA) is 107 Å². The molecule has 0 bridgehead atoms. The number of aromatic nitrogens is 2. The molecular formula is C19H18N4O3S. The van der Waals surface area contributed by atoms with Crippen LogP contribution in [0.1, 0.15) is 23.2 Å². The van der Waals surface area contributed by atoms with Gasteiger partial charge in [-0.1, -0.05) is 6.07 Å². The third-order valence-electron chi connectivity index (χ3n) is 3.87. The summed E-state index contributed by atoms with van der Waals surface area (Å²) in [5, 5.41) is 9.06. The van der Waals surface area contributed by atoms with E-state index in [1.807, 2.05) is 17.5 Å². The molecule has 8 heteroatoms. The number of amides is 2. The zero-order chi connectivity index (χ0) is 19.2. The highest BCUT2D eigenvalue weighted by atomic mass is 32.1. The van der Waals surface area contributed by atoms with Crippen molar-refractivity contribution in [2.24, 2.45) is 5.73 Å². The molecule has 27 heavy (non-hydrogen) atoms. The summed E-state index contributed by atoms with van der Waals surface area (Å²) >= 11 is 1.55. The minimum atomic E-state index is -0.518. The van der Waals surface area contributed by atoms with E-state index < -0.39 is 5.91 Å². The number of rotatable bonds is 7. The second-order valence-electron chi connectivity index (χ2n) is 5.85. The van der Waals surface area contributed by atoms with Crippen LogP contribution in [0.4, 0.5) is 5.69 Å². The van der Waals surface area contributed by atoms with Crippen LogP contribution in [0.5, 0.6) is 0 Å². The fourth-order valence-electron chi connectivity index (χ4n) is 2.50. The number of carbonyl (C=O) groups is 2. The van der Waals surface area contributed by atoms with E-state index in [9.17, 15) is 14.4 Å². The van der Waals surface area contributed by atoms with Gasteiger partial charge in [0.2, 0.25) is 11.8 Å². The van der Waals surface area contributed by atoms with Crippen molar-refractivity contribution in [1.29, 1.82) is 0 Å². The van der Waals surface area contributed by atoms with Gasteiger partial charge in [0.15, 0.2) is 0 Å². The van der Waals surface area contributed by atoms with Crippen LogP contribution in [0.3, 0.4) is 0 Å². The van der Waals surface area contributed by atoms with Crippen molar-refractivity contribution in [3.05, 3.63) is 69.8 Å². The maximum absolute atomic E-state index is 12.1. The van der Waals surface area contributed by atoms with Gasteiger partial charge in [0.25, 0.3) is 5.56 Å². The fraction of sp³-hybridized carbons (Fsp3) is 0.158. The Morgan fingerprint density at radius 1 is 1.11 bits per heavy atom. The highest BCUT2D eigenvalue weighted by Crippen LogP contribution is 2.21. The highest BCUT2D eigenvalue weighted by Gasteiger charge is 2.07. The molecule has 0 radical (unpaired) electrons. The zero-order valence-corrected chi connectivity index (χ0v) is 15.2. The first-order valence-corrected chi connectivity index (χ1v) is 9.22. The lowest BCUT2D eigenvalue weighted by Crippen LogP contribution is -2.23. The Hall–Kier alpha value is -3.26. The van der Waals surface area contributed by atoms with Gasteiger partial charge >= 0.3 is 0 Å². The van der Waals surface area contributed by atoms with Crippen molar-refractivity contribution in [2.45, 2.75) is 19.4 Å². The smallest absolute Gasteiger partial charge is 0.266 e. The summed E-state index contributed by atoms with van der Waals surface area (Å²) in [5.74, 6) is -0.695. The molecule has 0 fully saturated rings. The number of hydrogen-bond acceptors (Lipinski definition) is 5. The normalized spacial score (nSPS) is 10.5. The summed E-state index contributed by atoms with van der Waals surface area (Å²) < 4.78 is 1.38. The Kier molecular flexibility index (Phi) is 5.77. The number of nitrogens with zero attached hydrogens (tertiary/aromatic N) is 2. The zero-order valence-electron chi connectivity index (χ0n) is 14.4. The van der Waals surface area contributed by atoms with Gasteiger partial charge in [0.05, 0.1) is 4.88 Å². The maximum Gasteiger partial charge on any atom is 0.266 e. The Labute approximate surface area is 159 Å². The van der Waals surface area contributed by atoms with Crippen LogP contribution in [0.25, 0.3) is 10.6 Å². The first kappa shape index (κ1) is 18.5. The number of hydrogen-bond donors (Lipinski definition) is 2. The Balaban J connectivity index is 1.55. The quantitative estimate of drug-likeness (QED) is 0.654. The van der Waals surface area contributed by atoms with Crippen LogP contribution in [0.2, 0.25) is 0 Å². The van der Waals surface area contributed by atoms with Gasteiger partial charge in [-0.15, -0.1) is 11.3 Å². The molecule has 138 valence electrons. The van der Waals surface area contributed by atoms with Gasteiger partial charge in [0, 0.05) is 30.3 Å². The molecular weight excluding hydrogens is 364 g/mol. The molecule has 0 aliphatic carbocycles. The first-order chi connectivity index (χ1) is 13.0. The van der Waals surface area contributed by atoms with Gasteiger partial charge in [-0.2, -0.15) is 5.10 Å². The number of anilines is 1. The second kappa shape index (κ2) is 8.41. The van der Waals surface area contributed by atoms with E-state index in [1.54, 1.807) is 41.7 Å². The summed E-state index contributed by atoms with van der Waals surface area (Å²) in [6.45, 7) is 0.353. The van der Waals surface area contributed by atoms with Crippen LogP contribution in [0, 0.1) is 0 Å². The molecule has 3 aromatic rings. The van der Waals surface area contributed by atoms with E-state index in [0.29, 0.717) is 24.2 Å². The molecule has 2 amide bonds. The average Bonchev–Trinajstić information content (AvgIpc) is 3.18.